The lowest BCUT2D eigenvalue weighted by molar-refractivity contribution is -0.119. The summed E-state index contributed by atoms with van der Waals surface area (Å²) in [5.74, 6) is 0.678. The van der Waals surface area contributed by atoms with Crippen LogP contribution in [0.2, 0.25) is 0 Å². The number of benzene rings is 1. The summed E-state index contributed by atoms with van der Waals surface area (Å²) < 4.78 is 5.46. The number of amides is 2. The van der Waals surface area contributed by atoms with Crippen molar-refractivity contribution in [1.82, 2.24) is 10.3 Å². The molecule has 27 heavy (non-hydrogen) atoms. The number of aryl methyl sites for hydroxylation is 1. The third-order valence-electron chi connectivity index (χ3n) is 4.08. The first-order valence-electron chi connectivity index (χ1n) is 8.69. The van der Waals surface area contributed by atoms with Crippen molar-refractivity contribution in [3.8, 4) is 11.3 Å². The lowest BCUT2D eigenvalue weighted by Crippen LogP contribution is -2.23. The van der Waals surface area contributed by atoms with E-state index >= 15 is 0 Å². The van der Waals surface area contributed by atoms with Crippen molar-refractivity contribution in [2.75, 3.05) is 5.32 Å². The molecule has 0 aliphatic carbocycles. The minimum Gasteiger partial charge on any atom is -0.456 e. The number of thiazole rings is 1. The summed E-state index contributed by atoms with van der Waals surface area (Å²) in [7, 11) is 0. The van der Waals surface area contributed by atoms with Crippen molar-refractivity contribution < 1.29 is 14.0 Å². The monoisotopic (exact) mass is 383 g/mol. The van der Waals surface area contributed by atoms with E-state index in [0.717, 1.165) is 29.0 Å². The Labute approximate surface area is 161 Å². The van der Waals surface area contributed by atoms with Crippen LogP contribution in [-0.4, -0.2) is 16.8 Å². The van der Waals surface area contributed by atoms with Crippen molar-refractivity contribution in [1.29, 1.82) is 0 Å². The van der Waals surface area contributed by atoms with E-state index in [1.54, 1.807) is 12.1 Å². The number of rotatable bonds is 6. The maximum atomic E-state index is 12.2. The SMILES string of the molecule is CCc1ccc(C(=O)Nc2nc(-c3ccc(C(C)NC(C)=O)cc3)cs2)o1. The highest BCUT2D eigenvalue weighted by molar-refractivity contribution is 7.14. The van der Waals surface area contributed by atoms with Crippen LogP contribution in [0.5, 0.6) is 0 Å². The van der Waals surface area contributed by atoms with Gasteiger partial charge >= 0.3 is 0 Å². The highest BCUT2D eigenvalue weighted by Gasteiger charge is 2.14. The van der Waals surface area contributed by atoms with Gasteiger partial charge in [-0.15, -0.1) is 11.3 Å². The summed E-state index contributed by atoms with van der Waals surface area (Å²) in [4.78, 5) is 27.9. The molecule has 2 heterocycles. The van der Waals surface area contributed by atoms with Crippen molar-refractivity contribution in [2.45, 2.75) is 33.2 Å². The number of hydrogen-bond acceptors (Lipinski definition) is 5. The summed E-state index contributed by atoms with van der Waals surface area (Å²) >= 11 is 1.36. The van der Waals surface area contributed by atoms with E-state index in [9.17, 15) is 9.59 Å². The Balaban J connectivity index is 1.68. The lowest BCUT2D eigenvalue weighted by Gasteiger charge is -2.12. The molecule has 0 saturated heterocycles. The fraction of sp³-hybridized carbons (Fsp3) is 0.250. The predicted molar refractivity (Wildman–Crippen MR) is 106 cm³/mol. The van der Waals surface area contributed by atoms with Gasteiger partial charge in [-0.1, -0.05) is 31.2 Å². The standard InChI is InChI=1S/C20H21N3O3S/c1-4-16-9-10-18(26-16)19(25)23-20-22-17(11-27-20)15-7-5-14(6-8-15)12(2)21-13(3)24/h5-12H,4H2,1-3H3,(H,21,24)(H,22,23,25). The fourth-order valence-electron chi connectivity index (χ4n) is 2.64. The van der Waals surface area contributed by atoms with Gasteiger partial charge in [0, 0.05) is 24.3 Å². The lowest BCUT2D eigenvalue weighted by atomic mass is 10.1. The number of anilines is 1. The Kier molecular flexibility index (Phi) is 5.71. The van der Waals surface area contributed by atoms with Gasteiger partial charge in [-0.2, -0.15) is 0 Å². The molecule has 2 amide bonds. The van der Waals surface area contributed by atoms with E-state index in [1.165, 1.54) is 18.3 Å². The Morgan fingerprint density at radius 1 is 1.19 bits per heavy atom. The summed E-state index contributed by atoms with van der Waals surface area (Å²) in [5.41, 5.74) is 2.74. The number of aromatic nitrogens is 1. The van der Waals surface area contributed by atoms with Crippen LogP contribution in [0.25, 0.3) is 11.3 Å². The molecule has 0 spiro atoms. The van der Waals surface area contributed by atoms with Crippen LogP contribution in [0.4, 0.5) is 5.13 Å². The number of carbonyl (C=O) groups is 2. The summed E-state index contributed by atoms with van der Waals surface area (Å²) in [6.07, 6.45) is 0.741. The van der Waals surface area contributed by atoms with Crippen LogP contribution in [0.15, 0.2) is 46.2 Å². The average molecular weight is 383 g/mol. The van der Waals surface area contributed by atoms with Gasteiger partial charge in [0.1, 0.15) is 5.76 Å². The normalized spacial score (nSPS) is 11.8. The maximum absolute atomic E-state index is 12.2. The van der Waals surface area contributed by atoms with Crippen molar-refractivity contribution in [3.63, 3.8) is 0 Å². The minimum atomic E-state index is -0.310. The molecular weight excluding hydrogens is 362 g/mol. The molecule has 7 heteroatoms. The third-order valence-corrected chi connectivity index (χ3v) is 4.84. The molecule has 3 aromatic rings. The molecule has 2 aromatic heterocycles. The Bertz CT molecular complexity index is 944. The number of hydrogen-bond donors (Lipinski definition) is 2. The van der Waals surface area contributed by atoms with E-state index in [1.807, 2.05) is 43.5 Å². The zero-order valence-corrected chi connectivity index (χ0v) is 16.2. The minimum absolute atomic E-state index is 0.0526. The maximum Gasteiger partial charge on any atom is 0.293 e. The number of nitrogens with zero attached hydrogens (tertiary/aromatic N) is 1. The summed E-state index contributed by atoms with van der Waals surface area (Å²) in [6, 6.07) is 11.2. The van der Waals surface area contributed by atoms with Crippen LogP contribution in [0, 0.1) is 0 Å². The first-order chi connectivity index (χ1) is 13.0. The first-order valence-corrected chi connectivity index (χ1v) is 9.57. The second kappa shape index (κ2) is 8.18. The smallest absolute Gasteiger partial charge is 0.293 e. The van der Waals surface area contributed by atoms with Gasteiger partial charge < -0.3 is 9.73 Å². The van der Waals surface area contributed by atoms with Gasteiger partial charge in [0.25, 0.3) is 5.91 Å². The van der Waals surface area contributed by atoms with Crippen molar-refractivity contribution >= 4 is 28.3 Å². The first kappa shape index (κ1) is 18.8. The van der Waals surface area contributed by atoms with Gasteiger partial charge in [-0.25, -0.2) is 4.98 Å². The zero-order valence-electron chi connectivity index (χ0n) is 15.4. The topological polar surface area (TPSA) is 84.2 Å². The second-order valence-electron chi connectivity index (χ2n) is 6.16. The molecule has 0 bridgehead atoms. The van der Waals surface area contributed by atoms with Crippen molar-refractivity contribution in [2.24, 2.45) is 0 Å². The Morgan fingerprint density at radius 2 is 1.93 bits per heavy atom. The van der Waals surface area contributed by atoms with Crippen LogP contribution in [-0.2, 0) is 11.2 Å². The summed E-state index contributed by atoms with van der Waals surface area (Å²) in [5, 5.41) is 8.03. The fourth-order valence-corrected chi connectivity index (χ4v) is 3.36. The molecule has 0 saturated carbocycles. The Morgan fingerprint density at radius 3 is 2.56 bits per heavy atom. The highest BCUT2D eigenvalue weighted by atomic mass is 32.1. The van der Waals surface area contributed by atoms with E-state index in [2.05, 4.69) is 15.6 Å². The molecular formula is C20H21N3O3S. The van der Waals surface area contributed by atoms with Crippen LogP contribution in [0.1, 0.15) is 48.7 Å². The van der Waals surface area contributed by atoms with Gasteiger partial charge in [-0.05, 0) is 24.6 Å². The third kappa shape index (κ3) is 4.62. The molecule has 2 N–H and O–H groups in total. The molecule has 0 fully saturated rings. The molecule has 0 aliphatic rings. The average Bonchev–Trinajstić information content (AvgIpc) is 3.30. The van der Waals surface area contributed by atoms with E-state index in [4.69, 9.17) is 4.42 Å². The van der Waals surface area contributed by atoms with E-state index in [0.29, 0.717) is 5.13 Å². The van der Waals surface area contributed by atoms with Crippen molar-refractivity contribution in [3.05, 3.63) is 58.9 Å². The van der Waals surface area contributed by atoms with Crippen LogP contribution < -0.4 is 10.6 Å². The van der Waals surface area contributed by atoms with Crippen LogP contribution >= 0.6 is 11.3 Å². The van der Waals surface area contributed by atoms with Gasteiger partial charge in [-0.3, -0.25) is 14.9 Å². The van der Waals surface area contributed by atoms with Gasteiger partial charge in [0.15, 0.2) is 10.9 Å². The van der Waals surface area contributed by atoms with Gasteiger partial charge in [0.2, 0.25) is 5.91 Å². The zero-order chi connectivity index (χ0) is 19.4. The summed E-state index contributed by atoms with van der Waals surface area (Å²) in [6.45, 7) is 5.41. The molecule has 1 aromatic carbocycles. The van der Waals surface area contributed by atoms with Gasteiger partial charge in [0.05, 0.1) is 11.7 Å². The molecule has 1 atom stereocenters. The number of carbonyl (C=O) groups excluding carboxylic acids is 2. The molecule has 140 valence electrons. The molecule has 0 radical (unpaired) electrons. The van der Waals surface area contributed by atoms with E-state index < -0.39 is 0 Å². The number of nitrogens with one attached hydrogen (secondary N) is 2. The van der Waals surface area contributed by atoms with Crippen LogP contribution in [0.3, 0.4) is 0 Å². The quantitative estimate of drug-likeness (QED) is 0.660. The molecule has 3 rings (SSSR count). The second-order valence-corrected chi connectivity index (χ2v) is 7.01. The predicted octanol–water partition coefficient (Wildman–Crippen LogP) is 4.41. The Hall–Kier alpha value is -2.93. The largest absolute Gasteiger partial charge is 0.456 e. The number of furan rings is 1. The molecule has 6 nitrogen and oxygen atoms in total. The van der Waals surface area contributed by atoms with E-state index in [-0.39, 0.29) is 23.6 Å². The molecule has 0 aliphatic heterocycles. The highest BCUT2D eigenvalue weighted by Crippen LogP contribution is 2.26. The molecule has 1 unspecified atom stereocenters.